The van der Waals surface area contributed by atoms with Gasteiger partial charge in [-0.05, 0) is 42.5 Å². The summed E-state index contributed by atoms with van der Waals surface area (Å²) in [6.45, 7) is 3.63. The molecule has 0 fully saturated rings. The van der Waals surface area contributed by atoms with Gasteiger partial charge in [0.25, 0.3) is 0 Å². The molecule has 0 bridgehead atoms. The molecule has 0 aliphatic heterocycles. The van der Waals surface area contributed by atoms with Gasteiger partial charge in [-0.15, -0.1) is 0 Å². The van der Waals surface area contributed by atoms with Gasteiger partial charge in [-0.25, -0.2) is 0 Å². The Hall–Kier alpha value is -6.89. The Morgan fingerprint density at radius 2 is 1.20 bits per heavy atom. The number of carbonyl (C=O) groups is 3. The molecule has 0 saturated heterocycles. The smallest absolute Gasteiger partial charge is 0.308 e. The second-order valence-electron chi connectivity index (χ2n) is 11.1. The highest BCUT2D eigenvalue weighted by molar-refractivity contribution is 6.02. The van der Waals surface area contributed by atoms with Crippen LogP contribution >= 0.6 is 0 Å². The first-order valence-electron chi connectivity index (χ1n) is 15.2. The number of phenols is 1. The van der Waals surface area contributed by atoms with E-state index in [0.717, 1.165) is 13.0 Å². The number of fused-ring (bicyclic) bond motifs is 2. The molecule has 258 valence electrons. The molecule has 0 amide bonds. The molecule has 51 heavy (non-hydrogen) atoms. The minimum atomic E-state index is -0.734. The number of methoxy groups -OCH3 is 2. The highest BCUT2D eigenvalue weighted by atomic mass is 16.5. The van der Waals surface area contributed by atoms with Gasteiger partial charge >= 0.3 is 17.9 Å². The zero-order valence-electron chi connectivity index (χ0n) is 27.8. The normalized spacial score (nSPS) is 10.9. The number of phenolic OH excluding ortho intramolecular Hbond substituents is 1. The van der Waals surface area contributed by atoms with Gasteiger partial charge in [0.1, 0.15) is 62.4 Å². The second-order valence-corrected chi connectivity index (χ2v) is 11.1. The maximum Gasteiger partial charge on any atom is 0.308 e. The Balaban J connectivity index is 1.61. The van der Waals surface area contributed by atoms with Crippen LogP contribution in [-0.2, 0) is 14.4 Å². The number of hydrogen-bond acceptors (Lipinski definition) is 13. The summed E-state index contributed by atoms with van der Waals surface area (Å²) < 4.78 is 39.3. The van der Waals surface area contributed by atoms with Crippen LogP contribution in [-0.4, -0.2) is 37.2 Å². The number of carbonyl (C=O) groups excluding carboxylic acids is 3. The molecule has 0 unspecified atom stereocenters. The van der Waals surface area contributed by atoms with Crippen molar-refractivity contribution in [3.05, 3.63) is 93.2 Å². The lowest BCUT2D eigenvalue weighted by Gasteiger charge is -2.17. The lowest BCUT2D eigenvalue weighted by Crippen LogP contribution is -2.08. The van der Waals surface area contributed by atoms with E-state index >= 15 is 0 Å². The molecule has 13 nitrogen and oxygen atoms in total. The number of hydrogen-bond donors (Lipinski definition) is 1. The van der Waals surface area contributed by atoms with Gasteiger partial charge in [0.2, 0.25) is 0 Å². The molecule has 0 spiro atoms. The number of rotatable bonds is 8. The van der Waals surface area contributed by atoms with Crippen molar-refractivity contribution in [2.45, 2.75) is 20.8 Å². The third-order valence-corrected chi connectivity index (χ3v) is 7.61. The molecule has 0 atom stereocenters. The van der Waals surface area contributed by atoms with Crippen molar-refractivity contribution in [1.29, 1.82) is 0 Å². The monoisotopic (exact) mass is 692 g/mol. The maximum absolute atomic E-state index is 13.6. The molecule has 1 N–H and O–H groups in total. The molecule has 2 aromatic heterocycles. The summed E-state index contributed by atoms with van der Waals surface area (Å²) in [5.41, 5.74) is -0.151. The zero-order chi connectivity index (χ0) is 36.6. The second kappa shape index (κ2) is 13.6. The average Bonchev–Trinajstić information content (AvgIpc) is 3.07. The summed E-state index contributed by atoms with van der Waals surface area (Å²) in [6, 6.07) is 17.3. The molecular formula is C38H28O13. The zero-order valence-corrected chi connectivity index (χ0v) is 27.8. The Morgan fingerprint density at radius 1 is 0.588 bits per heavy atom. The van der Waals surface area contributed by atoms with E-state index in [0.29, 0.717) is 11.1 Å². The minimum Gasteiger partial charge on any atom is -0.507 e. The van der Waals surface area contributed by atoms with Crippen LogP contribution in [0.3, 0.4) is 0 Å². The highest BCUT2D eigenvalue weighted by Crippen LogP contribution is 2.46. The van der Waals surface area contributed by atoms with Gasteiger partial charge in [-0.1, -0.05) is 0 Å². The van der Waals surface area contributed by atoms with Crippen molar-refractivity contribution < 1.29 is 52.0 Å². The van der Waals surface area contributed by atoms with E-state index in [1.54, 1.807) is 30.3 Å². The summed E-state index contributed by atoms with van der Waals surface area (Å²) >= 11 is 0. The summed E-state index contributed by atoms with van der Waals surface area (Å²) in [4.78, 5) is 62.5. The summed E-state index contributed by atoms with van der Waals surface area (Å²) in [7, 11) is 2.80. The van der Waals surface area contributed by atoms with Crippen LogP contribution in [0.15, 0.2) is 91.2 Å². The Bertz CT molecular complexity index is 2510. The fourth-order valence-electron chi connectivity index (χ4n) is 5.56. The predicted molar refractivity (Wildman–Crippen MR) is 184 cm³/mol. The van der Waals surface area contributed by atoms with Crippen LogP contribution in [0.2, 0.25) is 0 Å². The lowest BCUT2D eigenvalue weighted by atomic mass is 9.96. The van der Waals surface area contributed by atoms with Crippen molar-refractivity contribution in [3.63, 3.8) is 0 Å². The fraction of sp³-hybridized carbons (Fsp3) is 0.132. The van der Waals surface area contributed by atoms with Crippen molar-refractivity contribution in [2.24, 2.45) is 0 Å². The predicted octanol–water partition coefficient (Wildman–Crippen LogP) is 6.40. The molecule has 6 aromatic rings. The van der Waals surface area contributed by atoms with Crippen molar-refractivity contribution >= 4 is 39.8 Å². The van der Waals surface area contributed by atoms with E-state index in [2.05, 4.69) is 0 Å². The third kappa shape index (κ3) is 6.72. The van der Waals surface area contributed by atoms with Crippen LogP contribution in [0.5, 0.6) is 34.5 Å². The van der Waals surface area contributed by atoms with Crippen molar-refractivity contribution in [2.75, 3.05) is 14.2 Å². The Kier molecular flexibility index (Phi) is 9.03. The van der Waals surface area contributed by atoms with Crippen LogP contribution < -0.4 is 34.5 Å². The number of ether oxygens (including phenoxy) is 5. The van der Waals surface area contributed by atoms with Crippen molar-refractivity contribution in [1.82, 2.24) is 0 Å². The molecule has 0 aliphatic rings. The lowest BCUT2D eigenvalue weighted by molar-refractivity contribution is -0.132. The quantitative estimate of drug-likeness (QED) is 0.137. The molecule has 4 aromatic carbocycles. The van der Waals surface area contributed by atoms with E-state index in [9.17, 15) is 29.1 Å². The standard InChI is InChI=1S/C38H28O13/c1-18(39)47-23-9-6-21(7-10-23)30-15-26(42)36-27(43)17-34(49-20(3)41)35(38(36)51-30)25-12-22(8-11-29(25)46-5)31-16-28(44)37-32(48-19(2)40)13-24(45-4)14-33(37)50-31/h6-17,43H,1-5H3. The molecule has 0 aliphatic carbocycles. The molecule has 13 heteroatoms. The minimum absolute atomic E-state index is 0.0142. The van der Waals surface area contributed by atoms with E-state index in [-0.39, 0.29) is 73.3 Å². The van der Waals surface area contributed by atoms with Gasteiger partial charge in [0.05, 0.1) is 19.8 Å². The van der Waals surface area contributed by atoms with Crippen LogP contribution in [0.4, 0.5) is 0 Å². The van der Waals surface area contributed by atoms with E-state index in [1.165, 1.54) is 64.5 Å². The Morgan fingerprint density at radius 3 is 1.82 bits per heavy atom. The van der Waals surface area contributed by atoms with Crippen LogP contribution in [0, 0.1) is 0 Å². The summed E-state index contributed by atoms with van der Waals surface area (Å²) in [5.74, 6) is -1.66. The van der Waals surface area contributed by atoms with Crippen molar-refractivity contribution in [3.8, 4) is 68.3 Å². The number of esters is 3. The van der Waals surface area contributed by atoms with Gasteiger partial charge < -0.3 is 37.6 Å². The average molecular weight is 693 g/mol. The summed E-state index contributed by atoms with van der Waals surface area (Å²) in [6.07, 6.45) is 0. The van der Waals surface area contributed by atoms with E-state index in [4.69, 9.17) is 32.5 Å². The van der Waals surface area contributed by atoms with Gasteiger partial charge in [-0.2, -0.15) is 0 Å². The molecule has 0 radical (unpaired) electrons. The SMILES string of the molecule is COc1cc(OC(C)=O)c2c(=O)cc(-c3ccc(OC)c(-c4c(OC(C)=O)cc(O)c5c(=O)cc(-c6ccc(OC(C)=O)cc6)oc45)c3)oc2c1. The maximum atomic E-state index is 13.6. The number of aromatic hydroxyl groups is 1. The summed E-state index contributed by atoms with van der Waals surface area (Å²) in [5, 5.41) is 10.8. The first-order valence-corrected chi connectivity index (χ1v) is 15.2. The number of benzene rings is 4. The molecule has 6 rings (SSSR count). The van der Waals surface area contributed by atoms with Gasteiger partial charge in [0, 0.05) is 67.8 Å². The largest absolute Gasteiger partial charge is 0.507 e. The van der Waals surface area contributed by atoms with Gasteiger partial charge in [-0.3, -0.25) is 24.0 Å². The topological polar surface area (TPSA) is 178 Å². The fourth-order valence-corrected chi connectivity index (χ4v) is 5.56. The molecule has 0 saturated carbocycles. The van der Waals surface area contributed by atoms with E-state index in [1.807, 2.05) is 0 Å². The van der Waals surface area contributed by atoms with E-state index < -0.39 is 34.5 Å². The molecule has 2 heterocycles. The first kappa shape index (κ1) is 34.0. The van der Waals surface area contributed by atoms with Crippen LogP contribution in [0.1, 0.15) is 20.8 Å². The first-order chi connectivity index (χ1) is 24.4. The van der Waals surface area contributed by atoms with Gasteiger partial charge in [0.15, 0.2) is 16.4 Å². The Labute approximate surface area is 288 Å². The molecular weight excluding hydrogens is 664 g/mol. The highest BCUT2D eigenvalue weighted by Gasteiger charge is 2.25. The van der Waals surface area contributed by atoms with Crippen LogP contribution in [0.25, 0.3) is 55.7 Å². The third-order valence-electron chi connectivity index (χ3n) is 7.61.